The lowest BCUT2D eigenvalue weighted by Gasteiger charge is -2.28. The lowest BCUT2D eigenvalue weighted by Crippen LogP contribution is -2.36. The largest absolute Gasteiger partial charge is 0.376 e. The first kappa shape index (κ1) is 17.2. The molecule has 1 fully saturated rings. The molecule has 0 radical (unpaired) electrons. The number of aromatic amines is 1. The van der Waals surface area contributed by atoms with Gasteiger partial charge in [0, 0.05) is 24.3 Å². The van der Waals surface area contributed by atoms with Crippen molar-refractivity contribution in [3.05, 3.63) is 77.0 Å². The van der Waals surface area contributed by atoms with Gasteiger partial charge >= 0.3 is 0 Å². The SMILES string of the molecule is Cc1ccc(C2c3c(-c4ccccc4)n[nH]c3C(=O)N2CC2CCCO2)cc1. The van der Waals surface area contributed by atoms with E-state index in [0.29, 0.717) is 12.2 Å². The third-order valence-electron chi connectivity index (χ3n) is 5.73. The molecular formula is C23H23N3O2. The molecule has 1 aromatic heterocycles. The van der Waals surface area contributed by atoms with Crippen LogP contribution in [-0.4, -0.2) is 40.3 Å². The zero-order chi connectivity index (χ0) is 19.1. The maximum atomic E-state index is 13.3. The van der Waals surface area contributed by atoms with Crippen molar-refractivity contribution < 1.29 is 9.53 Å². The average molecular weight is 373 g/mol. The predicted molar refractivity (Wildman–Crippen MR) is 107 cm³/mol. The summed E-state index contributed by atoms with van der Waals surface area (Å²) in [6.07, 6.45) is 2.17. The Morgan fingerprint density at radius 2 is 1.93 bits per heavy atom. The Labute approximate surface area is 164 Å². The molecule has 5 rings (SSSR count). The van der Waals surface area contributed by atoms with Crippen LogP contribution in [0.25, 0.3) is 11.3 Å². The molecule has 0 aliphatic carbocycles. The summed E-state index contributed by atoms with van der Waals surface area (Å²) >= 11 is 0. The zero-order valence-electron chi connectivity index (χ0n) is 15.9. The first-order valence-corrected chi connectivity index (χ1v) is 9.85. The lowest BCUT2D eigenvalue weighted by molar-refractivity contribution is 0.0495. The van der Waals surface area contributed by atoms with E-state index >= 15 is 0 Å². The molecule has 0 saturated carbocycles. The van der Waals surface area contributed by atoms with Gasteiger partial charge in [-0.25, -0.2) is 0 Å². The summed E-state index contributed by atoms with van der Waals surface area (Å²) in [6.45, 7) is 3.46. The summed E-state index contributed by atoms with van der Waals surface area (Å²) in [5.74, 6) is 0.00533. The Kier molecular flexibility index (Phi) is 4.24. The summed E-state index contributed by atoms with van der Waals surface area (Å²) in [4.78, 5) is 15.2. The number of nitrogens with one attached hydrogen (secondary N) is 1. The average Bonchev–Trinajstić information content (AvgIpc) is 3.44. The standard InChI is InChI=1S/C23H23N3O2/c1-15-9-11-17(12-10-15)22-19-20(16-6-3-2-4-7-16)24-25-21(19)23(27)26(22)14-18-8-5-13-28-18/h2-4,6-7,9-12,18,22H,5,8,13-14H2,1H3,(H,24,25). The number of rotatable bonds is 4. The van der Waals surface area contributed by atoms with Gasteiger partial charge in [-0.1, -0.05) is 60.2 Å². The second kappa shape index (κ2) is 6.91. The van der Waals surface area contributed by atoms with E-state index in [1.807, 2.05) is 35.2 Å². The van der Waals surface area contributed by atoms with Crippen LogP contribution in [0.1, 0.15) is 46.1 Å². The van der Waals surface area contributed by atoms with Crippen LogP contribution < -0.4 is 0 Å². The van der Waals surface area contributed by atoms with Gasteiger partial charge in [-0.15, -0.1) is 0 Å². The van der Waals surface area contributed by atoms with E-state index in [-0.39, 0.29) is 18.1 Å². The van der Waals surface area contributed by atoms with E-state index < -0.39 is 0 Å². The zero-order valence-corrected chi connectivity index (χ0v) is 15.9. The van der Waals surface area contributed by atoms with E-state index in [4.69, 9.17) is 4.74 Å². The van der Waals surface area contributed by atoms with Gasteiger partial charge in [0.15, 0.2) is 0 Å². The summed E-state index contributed by atoms with van der Waals surface area (Å²) < 4.78 is 5.84. The highest BCUT2D eigenvalue weighted by atomic mass is 16.5. The van der Waals surface area contributed by atoms with Crippen LogP contribution in [0.5, 0.6) is 0 Å². The molecule has 3 heterocycles. The van der Waals surface area contributed by atoms with Crippen LogP contribution in [-0.2, 0) is 4.74 Å². The molecular weight excluding hydrogens is 350 g/mol. The molecule has 1 N–H and O–H groups in total. The van der Waals surface area contributed by atoms with Gasteiger partial charge in [0.05, 0.1) is 17.8 Å². The molecule has 2 aliphatic rings. The molecule has 5 heteroatoms. The molecule has 2 unspecified atom stereocenters. The first-order chi connectivity index (χ1) is 13.7. The number of amides is 1. The van der Waals surface area contributed by atoms with Crippen molar-refractivity contribution >= 4 is 5.91 Å². The summed E-state index contributed by atoms with van der Waals surface area (Å²) in [5.41, 5.74) is 5.75. The van der Waals surface area contributed by atoms with Crippen molar-refractivity contribution in [3.63, 3.8) is 0 Å². The minimum atomic E-state index is -0.152. The molecule has 0 spiro atoms. The maximum Gasteiger partial charge on any atom is 0.273 e. The number of hydrogen-bond acceptors (Lipinski definition) is 3. The Bertz CT molecular complexity index is 988. The number of hydrogen-bond donors (Lipinski definition) is 1. The minimum Gasteiger partial charge on any atom is -0.376 e. The van der Waals surface area contributed by atoms with Gasteiger partial charge < -0.3 is 9.64 Å². The highest BCUT2D eigenvalue weighted by Gasteiger charge is 2.43. The Hall–Kier alpha value is -2.92. The monoisotopic (exact) mass is 373 g/mol. The second-order valence-electron chi connectivity index (χ2n) is 7.63. The van der Waals surface area contributed by atoms with Gasteiger partial charge in [-0.3, -0.25) is 9.89 Å². The van der Waals surface area contributed by atoms with Gasteiger partial charge in [0.25, 0.3) is 5.91 Å². The fraction of sp³-hybridized carbons (Fsp3) is 0.304. The van der Waals surface area contributed by atoms with Crippen LogP contribution in [0, 0.1) is 6.92 Å². The number of benzene rings is 2. The van der Waals surface area contributed by atoms with Crippen LogP contribution in [0.2, 0.25) is 0 Å². The maximum absolute atomic E-state index is 13.3. The van der Waals surface area contributed by atoms with Crippen molar-refractivity contribution in [1.29, 1.82) is 0 Å². The second-order valence-corrected chi connectivity index (χ2v) is 7.63. The smallest absolute Gasteiger partial charge is 0.273 e. The van der Waals surface area contributed by atoms with Crippen molar-refractivity contribution in [2.75, 3.05) is 13.2 Å². The van der Waals surface area contributed by atoms with Gasteiger partial charge in [0.1, 0.15) is 5.69 Å². The Morgan fingerprint density at radius 1 is 1.14 bits per heavy atom. The molecule has 2 aliphatic heterocycles. The van der Waals surface area contributed by atoms with Gasteiger partial charge in [-0.2, -0.15) is 5.10 Å². The summed E-state index contributed by atoms with van der Waals surface area (Å²) in [6, 6.07) is 18.3. The number of H-pyrrole nitrogens is 1. The highest BCUT2D eigenvalue weighted by Crippen LogP contribution is 2.43. The number of aromatic nitrogens is 2. The molecule has 2 atom stereocenters. The summed E-state index contributed by atoms with van der Waals surface area (Å²) in [7, 11) is 0. The highest BCUT2D eigenvalue weighted by molar-refractivity contribution is 6.00. The molecule has 0 bridgehead atoms. The van der Waals surface area contributed by atoms with E-state index in [1.54, 1.807) is 0 Å². The number of aryl methyl sites for hydroxylation is 1. The molecule has 3 aromatic rings. The van der Waals surface area contributed by atoms with Crippen molar-refractivity contribution in [2.24, 2.45) is 0 Å². The molecule has 142 valence electrons. The number of carbonyl (C=O) groups excluding carboxylic acids is 1. The third-order valence-corrected chi connectivity index (χ3v) is 5.73. The number of ether oxygens (including phenoxy) is 1. The van der Waals surface area contributed by atoms with Crippen LogP contribution in [0.4, 0.5) is 0 Å². The van der Waals surface area contributed by atoms with E-state index in [1.165, 1.54) is 5.56 Å². The Morgan fingerprint density at radius 3 is 2.64 bits per heavy atom. The molecule has 2 aromatic carbocycles. The van der Waals surface area contributed by atoms with E-state index in [9.17, 15) is 4.79 Å². The third kappa shape index (κ3) is 2.83. The molecule has 1 amide bonds. The minimum absolute atomic E-state index is 0.00533. The first-order valence-electron chi connectivity index (χ1n) is 9.85. The summed E-state index contributed by atoms with van der Waals surface area (Å²) in [5, 5.41) is 7.53. The van der Waals surface area contributed by atoms with E-state index in [0.717, 1.165) is 41.8 Å². The van der Waals surface area contributed by atoms with Crippen LogP contribution in [0.15, 0.2) is 54.6 Å². The molecule has 5 nitrogen and oxygen atoms in total. The van der Waals surface area contributed by atoms with E-state index in [2.05, 4.69) is 41.4 Å². The van der Waals surface area contributed by atoms with Gasteiger partial charge in [-0.05, 0) is 25.3 Å². The lowest BCUT2D eigenvalue weighted by atomic mass is 9.95. The molecule has 1 saturated heterocycles. The quantitative estimate of drug-likeness (QED) is 0.749. The number of nitrogens with zero attached hydrogens (tertiary/aromatic N) is 2. The molecule has 28 heavy (non-hydrogen) atoms. The van der Waals surface area contributed by atoms with Gasteiger partial charge in [0.2, 0.25) is 0 Å². The fourth-order valence-electron chi connectivity index (χ4n) is 4.30. The number of fused-ring (bicyclic) bond motifs is 1. The fourth-order valence-corrected chi connectivity index (χ4v) is 4.30. The predicted octanol–water partition coefficient (Wildman–Crippen LogP) is 4.11. The normalized spacial score (nSPS) is 21.3. The van der Waals surface area contributed by atoms with Crippen LogP contribution in [0.3, 0.4) is 0 Å². The van der Waals surface area contributed by atoms with Crippen molar-refractivity contribution in [2.45, 2.75) is 31.9 Å². The Balaban J connectivity index is 1.62. The topological polar surface area (TPSA) is 58.2 Å². The van der Waals surface area contributed by atoms with Crippen LogP contribution >= 0.6 is 0 Å². The van der Waals surface area contributed by atoms with Crippen molar-refractivity contribution in [1.82, 2.24) is 15.1 Å². The van der Waals surface area contributed by atoms with Crippen molar-refractivity contribution in [3.8, 4) is 11.3 Å². The number of carbonyl (C=O) groups is 1.